The maximum absolute atomic E-state index is 11.8. The minimum absolute atomic E-state index is 0.172. The van der Waals surface area contributed by atoms with Crippen LogP contribution in [0, 0.1) is 5.41 Å². The number of carbonyl (C=O) groups excluding carboxylic acids is 1. The van der Waals surface area contributed by atoms with Gasteiger partial charge in [-0.05, 0) is 31.2 Å². The number of piperidine rings is 1. The summed E-state index contributed by atoms with van der Waals surface area (Å²) in [5.41, 5.74) is -0.482. The Labute approximate surface area is 115 Å². The van der Waals surface area contributed by atoms with Crippen molar-refractivity contribution >= 4 is 11.9 Å². The van der Waals surface area contributed by atoms with Gasteiger partial charge in [-0.25, -0.2) is 4.79 Å². The van der Waals surface area contributed by atoms with Crippen LogP contribution in [0.3, 0.4) is 0 Å². The molecule has 3 N–H and O–H groups in total. The minimum Gasteiger partial charge on any atom is -0.480 e. The van der Waals surface area contributed by atoms with E-state index in [9.17, 15) is 9.59 Å². The number of carboxylic acids is 1. The third-order valence-electron chi connectivity index (χ3n) is 3.55. The summed E-state index contributed by atoms with van der Waals surface area (Å²) < 4.78 is 0. The predicted octanol–water partition coefficient (Wildman–Crippen LogP) is 1.52. The molecule has 2 atom stereocenters. The molecule has 5 heteroatoms. The van der Waals surface area contributed by atoms with Crippen LogP contribution in [-0.4, -0.2) is 35.6 Å². The van der Waals surface area contributed by atoms with Crippen molar-refractivity contribution in [1.82, 2.24) is 10.6 Å². The molecule has 0 bridgehead atoms. The average molecular weight is 270 g/mol. The fourth-order valence-corrected chi connectivity index (χ4v) is 2.36. The SMILES string of the molecule is CC(C)(C)C(NC(=O)CCC1CCCCN1)C(=O)O. The summed E-state index contributed by atoms with van der Waals surface area (Å²) in [5, 5.41) is 15.2. The second-order valence-corrected chi connectivity index (χ2v) is 6.39. The first-order valence-electron chi connectivity index (χ1n) is 7.06. The Bertz CT molecular complexity index is 317. The van der Waals surface area contributed by atoms with Crippen LogP contribution >= 0.6 is 0 Å². The highest BCUT2D eigenvalue weighted by Gasteiger charge is 2.32. The minimum atomic E-state index is -0.975. The van der Waals surface area contributed by atoms with Crippen LogP contribution in [0.5, 0.6) is 0 Å². The van der Waals surface area contributed by atoms with Crippen LogP contribution in [0.1, 0.15) is 52.9 Å². The summed E-state index contributed by atoms with van der Waals surface area (Å²) in [6.07, 6.45) is 4.68. The Morgan fingerprint density at radius 3 is 2.53 bits per heavy atom. The molecule has 19 heavy (non-hydrogen) atoms. The molecule has 2 unspecified atom stereocenters. The van der Waals surface area contributed by atoms with E-state index in [2.05, 4.69) is 10.6 Å². The molecular formula is C14H26N2O3. The molecule has 0 saturated carbocycles. The van der Waals surface area contributed by atoms with Crippen molar-refractivity contribution in [3.8, 4) is 0 Å². The molecule has 1 heterocycles. The van der Waals surface area contributed by atoms with E-state index in [1.54, 1.807) is 0 Å². The van der Waals surface area contributed by atoms with Gasteiger partial charge in [-0.2, -0.15) is 0 Å². The summed E-state index contributed by atoms with van der Waals surface area (Å²) in [6, 6.07) is -0.434. The van der Waals surface area contributed by atoms with E-state index in [-0.39, 0.29) is 5.91 Å². The molecule has 1 aliphatic heterocycles. The molecule has 0 spiro atoms. The number of aliphatic carboxylic acids is 1. The van der Waals surface area contributed by atoms with Gasteiger partial charge in [0.15, 0.2) is 0 Å². The van der Waals surface area contributed by atoms with Crippen LogP contribution in [0.25, 0.3) is 0 Å². The second kappa shape index (κ2) is 6.89. The zero-order valence-corrected chi connectivity index (χ0v) is 12.2. The quantitative estimate of drug-likeness (QED) is 0.708. The zero-order chi connectivity index (χ0) is 14.5. The van der Waals surface area contributed by atoms with Gasteiger partial charge in [-0.3, -0.25) is 4.79 Å². The van der Waals surface area contributed by atoms with Crippen molar-refractivity contribution in [2.24, 2.45) is 5.41 Å². The van der Waals surface area contributed by atoms with E-state index in [0.717, 1.165) is 19.4 Å². The van der Waals surface area contributed by atoms with E-state index in [1.165, 1.54) is 12.8 Å². The van der Waals surface area contributed by atoms with Gasteiger partial charge in [0, 0.05) is 12.5 Å². The van der Waals surface area contributed by atoms with Crippen molar-refractivity contribution in [2.45, 2.75) is 65.0 Å². The van der Waals surface area contributed by atoms with Crippen LogP contribution in [-0.2, 0) is 9.59 Å². The highest BCUT2D eigenvalue weighted by Crippen LogP contribution is 2.20. The van der Waals surface area contributed by atoms with Crippen LogP contribution in [0.4, 0.5) is 0 Å². The molecule has 1 aliphatic rings. The first-order chi connectivity index (χ1) is 8.80. The second-order valence-electron chi connectivity index (χ2n) is 6.39. The van der Waals surface area contributed by atoms with Crippen molar-refractivity contribution < 1.29 is 14.7 Å². The topological polar surface area (TPSA) is 78.4 Å². The zero-order valence-electron chi connectivity index (χ0n) is 12.2. The number of nitrogens with one attached hydrogen (secondary N) is 2. The number of hydrogen-bond donors (Lipinski definition) is 3. The molecule has 1 amide bonds. The molecule has 1 fully saturated rings. The van der Waals surface area contributed by atoms with Crippen molar-refractivity contribution in [3.05, 3.63) is 0 Å². The van der Waals surface area contributed by atoms with Gasteiger partial charge in [-0.15, -0.1) is 0 Å². The maximum atomic E-state index is 11.8. The smallest absolute Gasteiger partial charge is 0.326 e. The highest BCUT2D eigenvalue weighted by atomic mass is 16.4. The lowest BCUT2D eigenvalue weighted by molar-refractivity contribution is -0.145. The third-order valence-corrected chi connectivity index (χ3v) is 3.55. The molecule has 110 valence electrons. The molecule has 0 radical (unpaired) electrons. The van der Waals surface area contributed by atoms with Gasteiger partial charge in [0.2, 0.25) is 5.91 Å². The molecule has 0 aromatic rings. The third kappa shape index (κ3) is 5.59. The standard InChI is InChI=1S/C14H26N2O3/c1-14(2,3)12(13(18)19)16-11(17)8-7-10-6-4-5-9-15-10/h10,12,15H,4-9H2,1-3H3,(H,16,17)(H,18,19). The molecule has 0 aromatic carbocycles. The molecular weight excluding hydrogens is 244 g/mol. The Hall–Kier alpha value is -1.10. The van der Waals surface area contributed by atoms with E-state index in [0.29, 0.717) is 12.5 Å². The van der Waals surface area contributed by atoms with Crippen LogP contribution < -0.4 is 10.6 Å². The summed E-state index contributed by atoms with van der Waals surface area (Å²) >= 11 is 0. The summed E-state index contributed by atoms with van der Waals surface area (Å²) in [4.78, 5) is 23.0. The lowest BCUT2D eigenvalue weighted by Gasteiger charge is -2.28. The number of amides is 1. The molecule has 0 aliphatic carbocycles. The highest BCUT2D eigenvalue weighted by molar-refractivity contribution is 5.84. The first-order valence-corrected chi connectivity index (χ1v) is 7.06. The Morgan fingerprint density at radius 2 is 2.05 bits per heavy atom. The van der Waals surface area contributed by atoms with E-state index in [4.69, 9.17) is 5.11 Å². The number of hydrogen-bond acceptors (Lipinski definition) is 3. The van der Waals surface area contributed by atoms with Gasteiger partial charge < -0.3 is 15.7 Å². The normalized spacial score (nSPS) is 21.7. The van der Waals surface area contributed by atoms with Gasteiger partial charge in [0.25, 0.3) is 0 Å². The largest absolute Gasteiger partial charge is 0.480 e. The molecule has 0 aromatic heterocycles. The van der Waals surface area contributed by atoms with E-state index >= 15 is 0 Å². The Morgan fingerprint density at radius 1 is 1.37 bits per heavy atom. The van der Waals surface area contributed by atoms with Gasteiger partial charge in [0.1, 0.15) is 6.04 Å². The number of carboxylic acid groups (broad SMARTS) is 1. The average Bonchev–Trinajstić information content (AvgIpc) is 2.33. The molecule has 5 nitrogen and oxygen atoms in total. The van der Waals surface area contributed by atoms with Crippen molar-refractivity contribution in [1.29, 1.82) is 0 Å². The monoisotopic (exact) mass is 270 g/mol. The van der Waals surface area contributed by atoms with Crippen molar-refractivity contribution in [3.63, 3.8) is 0 Å². The van der Waals surface area contributed by atoms with Crippen molar-refractivity contribution in [2.75, 3.05) is 6.54 Å². The lowest BCUT2D eigenvalue weighted by Crippen LogP contribution is -2.49. The van der Waals surface area contributed by atoms with E-state index < -0.39 is 17.4 Å². The number of carbonyl (C=O) groups is 2. The van der Waals surface area contributed by atoms with Gasteiger partial charge >= 0.3 is 5.97 Å². The lowest BCUT2D eigenvalue weighted by atomic mass is 9.86. The fourth-order valence-electron chi connectivity index (χ4n) is 2.36. The Kier molecular flexibility index (Phi) is 5.79. The molecule has 1 rings (SSSR count). The number of rotatable bonds is 5. The summed E-state index contributed by atoms with van der Waals surface area (Å²) in [7, 11) is 0. The predicted molar refractivity (Wildman–Crippen MR) is 73.9 cm³/mol. The van der Waals surface area contributed by atoms with Crippen LogP contribution in [0.2, 0.25) is 0 Å². The molecule has 1 saturated heterocycles. The van der Waals surface area contributed by atoms with Crippen LogP contribution in [0.15, 0.2) is 0 Å². The fraction of sp³-hybridized carbons (Fsp3) is 0.857. The Balaban J connectivity index is 2.38. The summed E-state index contributed by atoms with van der Waals surface area (Å²) in [5.74, 6) is -1.15. The van der Waals surface area contributed by atoms with E-state index in [1.807, 2.05) is 20.8 Å². The van der Waals surface area contributed by atoms with Gasteiger partial charge in [0.05, 0.1) is 0 Å². The van der Waals surface area contributed by atoms with Gasteiger partial charge in [-0.1, -0.05) is 27.2 Å². The maximum Gasteiger partial charge on any atom is 0.326 e. The summed E-state index contributed by atoms with van der Waals surface area (Å²) in [6.45, 7) is 6.46. The first kappa shape index (κ1) is 16.0.